The molecule has 0 saturated carbocycles. The maximum Gasteiger partial charge on any atom is 0.242 e. The van der Waals surface area contributed by atoms with Gasteiger partial charge < -0.3 is 15.5 Å². The fourth-order valence-electron chi connectivity index (χ4n) is 1.83. The van der Waals surface area contributed by atoms with Crippen LogP contribution in [-0.4, -0.2) is 25.9 Å². The van der Waals surface area contributed by atoms with Gasteiger partial charge in [0.25, 0.3) is 0 Å². The number of rotatable bonds is 5. The molecule has 0 unspecified atom stereocenters. The summed E-state index contributed by atoms with van der Waals surface area (Å²) < 4.78 is 6.95. The number of nitrogens with zero attached hydrogens (tertiary/aromatic N) is 4. The summed E-state index contributed by atoms with van der Waals surface area (Å²) in [7, 11) is 0. The second-order valence-electron chi connectivity index (χ2n) is 5.29. The Morgan fingerprint density at radius 3 is 2.57 bits per heavy atom. The van der Waals surface area contributed by atoms with Crippen LogP contribution in [0, 0.1) is 6.92 Å². The number of hydrogen-bond donors (Lipinski definition) is 2. The van der Waals surface area contributed by atoms with Crippen molar-refractivity contribution in [2.45, 2.75) is 46.2 Å². The minimum Gasteiger partial charge on any atom is -0.423 e. The van der Waals surface area contributed by atoms with Gasteiger partial charge in [-0.25, -0.2) is 4.68 Å². The van der Waals surface area contributed by atoms with E-state index in [4.69, 9.17) is 10.2 Å². The number of carbonyl (C=O) groups is 1. The molecule has 1 atom stereocenters. The van der Waals surface area contributed by atoms with Gasteiger partial charge in [0, 0.05) is 12.0 Å². The van der Waals surface area contributed by atoms with Crippen LogP contribution in [0.5, 0.6) is 0 Å². The van der Waals surface area contributed by atoms with Gasteiger partial charge in [0.2, 0.25) is 17.7 Å². The molecule has 0 aromatic carbocycles. The van der Waals surface area contributed by atoms with E-state index < -0.39 is 0 Å². The molecule has 0 aliphatic heterocycles. The monoisotopic (exact) mass is 292 g/mol. The summed E-state index contributed by atoms with van der Waals surface area (Å²) in [6.07, 6.45) is 0. The lowest BCUT2D eigenvalue weighted by molar-refractivity contribution is -0.122. The number of amides is 1. The van der Waals surface area contributed by atoms with E-state index in [1.807, 2.05) is 20.8 Å². The van der Waals surface area contributed by atoms with Crippen LogP contribution in [0.25, 0.3) is 0 Å². The van der Waals surface area contributed by atoms with Crippen LogP contribution in [0.4, 0.5) is 5.82 Å². The van der Waals surface area contributed by atoms with E-state index in [2.05, 4.69) is 20.6 Å². The summed E-state index contributed by atoms with van der Waals surface area (Å²) >= 11 is 0. The number of aryl methyl sites for hydroxylation is 1. The summed E-state index contributed by atoms with van der Waals surface area (Å²) in [5, 5.41) is 14.8. The molecule has 2 rings (SSSR count). The SMILES string of the molecule is Cc1cc(N)n(CC(=O)N[C@H](C)c2nnc(C(C)C)o2)n1. The zero-order chi connectivity index (χ0) is 15.6. The lowest BCUT2D eigenvalue weighted by Gasteiger charge is -2.10. The van der Waals surface area contributed by atoms with Gasteiger partial charge in [0.05, 0.1) is 5.69 Å². The smallest absolute Gasteiger partial charge is 0.242 e. The molecule has 2 aromatic heterocycles. The van der Waals surface area contributed by atoms with Gasteiger partial charge in [-0.15, -0.1) is 10.2 Å². The third-order valence-electron chi connectivity index (χ3n) is 2.92. The van der Waals surface area contributed by atoms with Gasteiger partial charge in [-0.05, 0) is 13.8 Å². The lowest BCUT2D eigenvalue weighted by Crippen LogP contribution is -2.31. The summed E-state index contributed by atoms with van der Waals surface area (Å²) in [5.74, 6) is 1.33. The van der Waals surface area contributed by atoms with Crippen molar-refractivity contribution < 1.29 is 9.21 Å². The Kier molecular flexibility index (Phi) is 4.25. The third-order valence-corrected chi connectivity index (χ3v) is 2.92. The maximum absolute atomic E-state index is 12.0. The number of anilines is 1. The number of nitrogens with one attached hydrogen (secondary N) is 1. The fraction of sp³-hybridized carbons (Fsp3) is 0.538. The Bertz CT molecular complexity index is 630. The Balaban J connectivity index is 1.96. The zero-order valence-electron chi connectivity index (χ0n) is 12.6. The van der Waals surface area contributed by atoms with Gasteiger partial charge in [-0.2, -0.15) is 5.10 Å². The Labute approximate surface area is 122 Å². The molecule has 114 valence electrons. The van der Waals surface area contributed by atoms with Crippen LogP contribution in [0.3, 0.4) is 0 Å². The quantitative estimate of drug-likeness (QED) is 0.855. The Hall–Kier alpha value is -2.38. The molecule has 8 heteroatoms. The van der Waals surface area contributed by atoms with Crippen LogP contribution < -0.4 is 11.1 Å². The van der Waals surface area contributed by atoms with Crippen LogP contribution in [0.15, 0.2) is 10.5 Å². The fourth-order valence-corrected chi connectivity index (χ4v) is 1.83. The van der Waals surface area contributed by atoms with Crippen LogP contribution in [-0.2, 0) is 11.3 Å². The van der Waals surface area contributed by atoms with E-state index in [9.17, 15) is 4.79 Å². The molecule has 0 aliphatic carbocycles. The highest BCUT2D eigenvalue weighted by Gasteiger charge is 2.18. The molecule has 21 heavy (non-hydrogen) atoms. The van der Waals surface area contributed by atoms with E-state index >= 15 is 0 Å². The predicted octanol–water partition coefficient (Wildman–Crippen LogP) is 1.16. The normalized spacial score (nSPS) is 12.6. The van der Waals surface area contributed by atoms with E-state index in [0.29, 0.717) is 17.6 Å². The van der Waals surface area contributed by atoms with Crippen molar-refractivity contribution in [3.63, 3.8) is 0 Å². The van der Waals surface area contributed by atoms with Crippen LogP contribution >= 0.6 is 0 Å². The number of nitrogens with two attached hydrogens (primary N) is 1. The summed E-state index contributed by atoms with van der Waals surface area (Å²) in [6, 6.07) is 1.35. The predicted molar refractivity (Wildman–Crippen MR) is 76.3 cm³/mol. The first-order valence-electron chi connectivity index (χ1n) is 6.79. The van der Waals surface area contributed by atoms with Crippen molar-refractivity contribution in [3.8, 4) is 0 Å². The van der Waals surface area contributed by atoms with Crippen LogP contribution in [0.1, 0.15) is 50.2 Å². The molecule has 0 bridgehead atoms. The Morgan fingerprint density at radius 2 is 2.05 bits per heavy atom. The highest BCUT2D eigenvalue weighted by Crippen LogP contribution is 2.16. The van der Waals surface area contributed by atoms with Crippen LogP contribution in [0.2, 0.25) is 0 Å². The molecule has 8 nitrogen and oxygen atoms in total. The lowest BCUT2D eigenvalue weighted by atomic mass is 10.2. The molecule has 0 fully saturated rings. The van der Waals surface area contributed by atoms with Crippen molar-refractivity contribution in [1.82, 2.24) is 25.3 Å². The average Bonchev–Trinajstić information content (AvgIpc) is 2.97. The molecular formula is C13H20N6O2. The van der Waals surface area contributed by atoms with Crippen molar-refractivity contribution in [2.75, 3.05) is 5.73 Å². The molecule has 0 saturated heterocycles. The highest BCUT2D eigenvalue weighted by atomic mass is 16.4. The molecule has 0 radical (unpaired) electrons. The number of carbonyl (C=O) groups excluding carboxylic acids is 1. The highest BCUT2D eigenvalue weighted by molar-refractivity contribution is 5.76. The molecule has 3 N–H and O–H groups in total. The first kappa shape index (κ1) is 15.0. The van der Waals surface area contributed by atoms with Gasteiger partial charge in [-0.3, -0.25) is 4.79 Å². The van der Waals surface area contributed by atoms with Gasteiger partial charge in [0.15, 0.2) is 0 Å². The molecule has 1 amide bonds. The van der Waals surface area contributed by atoms with Gasteiger partial charge >= 0.3 is 0 Å². The average molecular weight is 292 g/mol. The van der Waals surface area contributed by atoms with Crippen molar-refractivity contribution in [2.24, 2.45) is 0 Å². The summed E-state index contributed by atoms with van der Waals surface area (Å²) in [5.41, 5.74) is 6.52. The van der Waals surface area contributed by atoms with E-state index in [1.54, 1.807) is 13.0 Å². The first-order valence-corrected chi connectivity index (χ1v) is 6.79. The maximum atomic E-state index is 12.0. The first-order chi connectivity index (χ1) is 9.86. The summed E-state index contributed by atoms with van der Waals surface area (Å²) in [4.78, 5) is 12.0. The van der Waals surface area contributed by atoms with E-state index in [-0.39, 0.29) is 24.4 Å². The van der Waals surface area contributed by atoms with Gasteiger partial charge in [0.1, 0.15) is 18.4 Å². The second kappa shape index (κ2) is 5.94. The Morgan fingerprint density at radius 1 is 1.38 bits per heavy atom. The van der Waals surface area contributed by atoms with Gasteiger partial charge in [-0.1, -0.05) is 13.8 Å². The number of nitrogen functional groups attached to an aromatic ring is 1. The minimum absolute atomic E-state index is 0.0508. The molecule has 2 heterocycles. The second-order valence-corrected chi connectivity index (χ2v) is 5.29. The standard InChI is InChI=1S/C13H20N6O2/c1-7(2)12-16-17-13(21-12)9(4)15-11(20)6-19-10(14)5-8(3)18-19/h5,7,9H,6,14H2,1-4H3,(H,15,20)/t9-/m1/s1. The van der Waals surface area contributed by atoms with E-state index in [0.717, 1.165) is 5.69 Å². The molecule has 0 spiro atoms. The third kappa shape index (κ3) is 3.59. The molecule has 2 aromatic rings. The molecular weight excluding hydrogens is 272 g/mol. The van der Waals surface area contributed by atoms with Crippen molar-refractivity contribution in [1.29, 1.82) is 0 Å². The number of aromatic nitrogens is 4. The number of hydrogen-bond acceptors (Lipinski definition) is 6. The van der Waals surface area contributed by atoms with Crippen molar-refractivity contribution in [3.05, 3.63) is 23.5 Å². The largest absolute Gasteiger partial charge is 0.423 e. The molecule has 0 aliphatic rings. The zero-order valence-corrected chi connectivity index (χ0v) is 12.6. The minimum atomic E-state index is -0.365. The van der Waals surface area contributed by atoms with E-state index in [1.165, 1.54) is 4.68 Å². The summed E-state index contributed by atoms with van der Waals surface area (Å²) in [6.45, 7) is 7.58. The van der Waals surface area contributed by atoms with Crippen molar-refractivity contribution >= 4 is 11.7 Å². The topological polar surface area (TPSA) is 112 Å².